The first-order valence-electron chi connectivity index (χ1n) is 5.66. The predicted molar refractivity (Wildman–Crippen MR) is 69.0 cm³/mol. The van der Waals surface area contributed by atoms with Crippen LogP contribution in [0.3, 0.4) is 0 Å². The summed E-state index contributed by atoms with van der Waals surface area (Å²) in [5.74, 6) is 0. The van der Waals surface area contributed by atoms with E-state index in [0.717, 1.165) is 24.3 Å². The highest BCUT2D eigenvalue weighted by Gasteiger charge is 2.15. The fraction of sp³-hybridized carbons (Fsp3) is 0.727. The number of hydrogen-bond donors (Lipinski definition) is 1. The maximum atomic E-state index is 9.08. The fourth-order valence-corrected chi connectivity index (χ4v) is 2.88. The second kappa shape index (κ2) is 7.22. The maximum absolute atomic E-state index is 9.08. The van der Waals surface area contributed by atoms with Crippen molar-refractivity contribution < 1.29 is 5.11 Å². The zero-order valence-electron chi connectivity index (χ0n) is 9.82. The Labute approximate surface area is 106 Å². The Morgan fingerprint density at radius 3 is 2.62 bits per heavy atom. The highest BCUT2D eigenvalue weighted by atomic mass is 35.5. The molecule has 0 radical (unpaired) electrons. The van der Waals surface area contributed by atoms with Crippen molar-refractivity contribution in [3.8, 4) is 0 Å². The molecule has 0 aliphatic heterocycles. The first-order chi connectivity index (χ1) is 7.71. The van der Waals surface area contributed by atoms with Crippen LogP contribution in [0.1, 0.15) is 31.6 Å². The minimum atomic E-state index is 0.197. The standard InChI is InChI=1S/C11H19ClN2OS/c1-3-9(4-2)14(5-6-15)8-10-7-13-11(12)16-10/h7,9,15H,3-6,8H2,1-2H3. The van der Waals surface area contributed by atoms with Gasteiger partial charge in [-0.2, -0.15) is 0 Å². The van der Waals surface area contributed by atoms with Gasteiger partial charge >= 0.3 is 0 Å². The molecule has 0 fully saturated rings. The van der Waals surface area contributed by atoms with Gasteiger partial charge in [0, 0.05) is 30.2 Å². The van der Waals surface area contributed by atoms with Gasteiger partial charge in [-0.05, 0) is 12.8 Å². The molecule has 1 aromatic heterocycles. The number of halogens is 1. The van der Waals surface area contributed by atoms with Crippen molar-refractivity contribution in [1.82, 2.24) is 9.88 Å². The molecule has 16 heavy (non-hydrogen) atoms. The van der Waals surface area contributed by atoms with Gasteiger partial charge in [-0.3, -0.25) is 4.90 Å². The summed E-state index contributed by atoms with van der Waals surface area (Å²) >= 11 is 7.32. The van der Waals surface area contributed by atoms with Crippen LogP contribution in [0.25, 0.3) is 0 Å². The summed E-state index contributed by atoms with van der Waals surface area (Å²) in [6.45, 7) is 6.10. The summed E-state index contributed by atoms with van der Waals surface area (Å²) in [7, 11) is 0. The van der Waals surface area contributed by atoms with E-state index in [1.807, 2.05) is 6.20 Å². The molecule has 1 N–H and O–H groups in total. The number of nitrogens with zero attached hydrogens (tertiary/aromatic N) is 2. The van der Waals surface area contributed by atoms with E-state index in [2.05, 4.69) is 23.7 Å². The van der Waals surface area contributed by atoms with Crippen molar-refractivity contribution in [2.45, 2.75) is 39.3 Å². The number of aromatic nitrogens is 1. The predicted octanol–water partition coefficient (Wildman–Crippen LogP) is 2.78. The molecular formula is C11H19ClN2OS. The number of aliphatic hydroxyl groups is 1. The molecule has 5 heteroatoms. The Morgan fingerprint density at radius 2 is 2.19 bits per heavy atom. The molecule has 0 saturated carbocycles. The molecule has 92 valence electrons. The van der Waals surface area contributed by atoms with Crippen molar-refractivity contribution in [3.05, 3.63) is 15.5 Å². The smallest absolute Gasteiger partial charge is 0.183 e. The topological polar surface area (TPSA) is 36.4 Å². The summed E-state index contributed by atoms with van der Waals surface area (Å²) in [6.07, 6.45) is 4.02. The van der Waals surface area contributed by atoms with E-state index in [1.165, 1.54) is 11.3 Å². The number of thiazole rings is 1. The molecular weight excluding hydrogens is 244 g/mol. The van der Waals surface area contributed by atoms with Crippen LogP contribution in [0.2, 0.25) is 4.47 Å². The minimum absolute atomic E-state index is 0.197. The van der Waals surface area contributed by atoms with Gasteiger partial charge < -0.3 is 5.11 Å². The van der Waals surface area contributed by atoms with E-state index in [1.54, 1.807) is 0 Å². The van der Waals surface area contributed by atoms with Gasteiger partial charge in [0.2, 0.25) is 0 Å². The van der Waals surface area contributed by atoms with E-state index < -0.39 is 0 Å². The normalized spacial score (nSPS) is 11.6. The summed E-state index contributed by atoms with van der Waals surface area (Å²) < 4.78 is 0.587. The average Bonchev–Trinajstić information content (AvgIpc) is 2.66. The van der Waals surface area contributed by atoms with E-state index in [0.29, 0.717) is 17.1 Å². The monoisotopic (exact) mass is 262 g/mol. The maximum Gasteiger partial charge on any atom is 0.183 e. The molecule has 0 bridgehead atoms. The lowest BCUT2D eigenvalue weighted by Crippen LogP contribution is -2.35. The first-order valence-corrected chi connectivity index (χ1v) is 6.85. The van der Waals surface area contributed by atoms with E-state index in [9.17, 15) is 0 Å². The fourth-order valence-electron chi connectivity index (χ4n) is 1.88. The minimum Gasteiger partial charge on any atom is -0.395 e. The Bertz CT molecular complexity index is 302. The van der Waals surface area contributed by atoms with Crippen LogP contribution < -0.4 is 0 Å². The van der Waals surface area contributed by atoms with Crippen LogP contribution in [-0.2, 0) is 6.54 Å². The average molecular weight is 263 g/mol. The highest BCUT2D eigenvalue weighted by Crippen LogP contribution is 2.21. The Kier molecular flexibility index (Phi) is 6.28. The largest absolute Gasteiger partial charge is 0.395 e. The van der Waals surface area contributed by atoms with Crippen molar-refractivity contribution in [1.29, 1.82) is 0 Å². The van der Waals surface area contributed by atoms with Crippen LogP contribution in [0.15, 0.2) is 6.20 Å². The molecule has 1 aromatic rings. The van der Waals surface area contributed by atoms with Gasteiger partial charge in [-0.25, -0.2) is 4.98 Å². The molecule has 0 aromatic carbocycles. The second-order valence-electron chi connectivity index (χ2n) is 3.74. The third kappa shape index (κ3) is 4.01. The van der Waals surface area contributed by atoms with Gasteiger partial charge in [0.15, 0.2) is 4.47 Å². The third-order valence-electron chi connectivity index (χ3n) is 2.73. The van der Waals surface area contributed by atoms with Crippen molar-refractivity contribution in [3.63, 3.8) is 0 Å². The molecule has 0 spiro atoms. The quantitative estimate of drug-likeness (QED) is 0.821. The number of hydrogen-bond acceptors (Lipinski definition) is 4. The summed E-state index contributed by atoms with van der Waals surface area (Å²) in [6, 6.07) is 0.521. The summed E-state index contributed by atoms with van der Waals surface area (Å²) in [4.78, 5) is 7.49. The van der Waals surface area contributed by atoms with E-state index in [-0.39, 0.29) is 6.61 Å². The van der Waals surface area contributed by atoms with Crippen molar-refractivity contribution in [2.75, 3.05) is 13.2 Å². The Morgan fingerprint density at radius 1 is 1.50 bits per heavy atom. The molecule has 0 atom stereocenters. The van der Waals surface area contributed by atoms with Gasteiger partial charge in [-0.1, -0.05) is 25.4 Å². The second-order valence-corrected chi connectivity index (χ2v) is 5.44. The van der Waals surface area contributed by atoms with E-state index in [4.69, 9.17) is 16.7 Å². The molecule has 3 nitrogen and oxygen atoms in total. The molecule has 1 rings (SSSR count). The number of aliphatic hydroxyl groups excluding tert-OH is 1. The highest BCUT2D eigenvalue weighted by molar-refractivity contribution is 7.15. The van der Waals surface area contributed by atoms with Crippen molar-refractivity contribution >= 4 is 22.9 Å². The molecule has 0 aliphatic carbocycles. The Hall–Kier alpha value is -0.160. The third-order valence-corrected chi connectivity index (χ3v) is 3.83. The lowest BCUT2D eigenvalue weighted by molar-refractivity contribution is 0.137. The zero-order chi connectivity index (χ0) is 12.0. The summed E-state index contributed by atoms with van der Waals surface area (Å²) in [5.41, 5.74) is 0. The van der Waals surface area contributed by atoms with Crippen LogP contribution in [0.4, 0.5) is 0 Å². The molecule has 0 amide bonds. The number of rotatable bonds is 7. The van der Waals surface area contributed by atoms with Crippen LogP contribution >= 0.6 is 22.9 Å². The lowest BCUT2D eigenvalue weighted by atomic mass is 10.1. The van der Waals surface area contributed by atoms with Gasteiger partial charge in [-0.15, -0.1) is 11.3 Å². The lowest BCUT2D eigenvalue weighted by Gasteiger charge is -2.29. The Balaban J connectivity index is 2.63. The zero-order valence-corrected chi connectivity index (χ0v) is 11.4. The van der Waals surface area contributed by atoms with Crippen LogP contribution in [-0.4, -0.2) is 34.2 Å². The van der Waals surface area contributed by atoms with Gasteiger partial charge in [0.25, 0.3) is 0 Å². The summed E-state index contributed by atoms with van der Waals surface area (Å²) in [5, 5.41) is 9.08. The SMILES string of the molecule is CCC(CC)N(CCO)Cc1cnc(Cl)s1. The van der Waals surface area contributed by atoms with Crippen LogP contribution in [0, 0.1) is 0 Å². The van der Waals surface area contributed by atoms with Crippen molar-refractivity contribution in [2.24, 2.45) is 0 Å². The van der Waals surface area contributed by atoms with Gasteiger partial charge in [0.1, 0.15) is 0 Å². The molecule has 0 saturated heterocycles. The molecule has 1 heterocycles. The van der Waals surface area contributed by atoms with Gasteiger partial charge in [0.05, 0.1) is 6.61 Å². The molecule has 0 aliphatic rings. The van der Waals surface area contributed by atoms with E-state index >= 15 is 0 Å². The van der Waals surface area contributed by atoms with Crippen LogP contribution in [0.5, 0.6) is 0 Å². The molecule has 0 unspecified atom stereocenters. The first kappa shape index (κ1) is 13.9.